The fourth-order valence-corrected chi connectivity index (χ4v) is 5.56. The SMILES string of the molecule is CN(C/C=C/C(=O)N1CCC[C@@H](n2nc(-c3ccc(Oc4ccccc4)cc3)c3c(N)ncnc32)C1)[C@H]1CCOC1. The van der Waals surface area contributed by atoms with E-state index in [1.165, 1.54) is 6.33 Å². The number of amides is 1. The monoisotopic (exact) mass is 553 g/mol. The summed E-state index contributed by atoms with van der Waals surface area (Å²) < 4.78 is 13.4. The van der Waals surface area contributed by atoms with Crippen molar-refractivity contribution in [1.29, 1.82) is 0 Å². The summed E-state index contributed by atoms with van der Waals surface area (Å²) in [4.78, 5) is 26.0. The number of likely N-dealkylation sites (tertiary alicyclic amines) is 1. The molecule has 2 saturated heterocycles. The Morgan fingerprint density at radius 3 is 2.71 bits per heavy atom. The van der Waals surface area contributed by atoms with Gasteiger partial charge in [-0.15, -0.1) is 0 Å². The Labute approximate surface area is 239 Å². The molecule has 2 aliphatic heterocycles. The highest BCUT2D eigenvalue weighted by Crippen LogP contribution is 2.35. The first-order valence-corrected chi connectivity index (χ1v) is 14.1. The number of fused-ring (bicyclic) bond motifs is 1. The third-order valence-corrected chi connectivity index (χ3v) is 7.86. The average molecular weight is 554 g/mol. The maximum atomic E-state index is 13.1. The number of hydrogen-bond donors (Lipinski definition) is 1. The van der Waals surface area contributed by atoms with Crippen molar-refractivity contribution < 1.29 is 14.3 Å². The minimum Gasteiger partial charge on any atom is -0.457 e. The van der Waals surface area contributed by atoms with Crippen molar-refractivity contribution in [3.63, 3.8) is 0 Å². The minimum atomic E-state index is -0.0225. The summed E-state index contributed by atoms with van der Waals surface area (Å²) in [7, 11) is 2.07. The normalized spacial score (nSPS) is 19.4. The summed E-state index contributed by atoms with van der Waals surface area (Å²) in [5, 5.41) is 5.71. The number of likely N-dealkylation sites (N-methyl/N-ethyl adjacent to an activating group) is 1. The summed E-state index contributed by atoms with van der Waals surface area (Å²) in [5.41, 5.74) is 8.63. The molecule has 0 aliphatic carbocycles. The van der Waals surface area contributed by atoms with Gasteiger partial charge in [0.25, 0.3) is 0 Å². The Kier molecular flexibility index (Phi) is 7.93. The molecule has 2 aliphatic rings. The number of para-hydroxylation sites is 1. The lowest BCUT2D eigenvalue weighted by Crippen LogP contribution is -2.40. The molecule has 0 radical (unpaired) electrons. The average Bonchev–Trinajstić information content (AvgIpc) is 3.68. The van der Waals surface area contributed by atoms with Crippen LogP contribution in [0.4, 0.5) is 5.82 Å². The Hall–Kier alpha value is -4.28. The van der Waals surface area contributed by atoms with Crippen LogP contribution >= 0.6 is 0 Å². The molecule has 4 aromatic rings. The second-order valence-electron chi connectivity index (χ2n) is 10.6. The molecule has 2 atom stereocenters. The first-order valence-electron chi connectivity index (χ1n) is 14.1. The first kappa shape index (κ1) is 26.9. The molecule has 0 unspecified atom stereocenters. The number of piperidine rings is 1. The van der Waals surface area contributed by atoms with E-state index in [1.807, 2.05) is 70.3 Å². The maximum absolute atomic E-state index is 13.1. The number of ether oxygens (including phenoxy) is 2. The van der Waals surface area contributed by atoms with Gasteiger partial charge in [-0.1, -0.05) is 24.3 Å². The van der Waals surface area contributed by atoms with Crippen molar-refractivity contribution >= 4 is 22.8 Å². The number of nitrogens with zero attached hydrogens (tertiary/aromatic N) is 6. The zero-order valence-electron chi connectivity index (χ0n) is 23.2. The van der Waals surface area contributed by atoms with E-state index in [2.05, 4.69) is 21.9 Å². The number of carbonyl (C=O) groups excluding carboxylic acids is 1. The van der Waals surface area contributed by atoms with Crippen molar-refractivity contribution in [3.05, 3.63) is 73.1 Å². The van der Waals surface area contributed by atoms with Crippen LogP contribution in [-0.4, -0.2) is 81.4 Å². The summed E-state index contributed by atoms with van der Waals surface area (Å²) in [6, 6.07) is 17.8. The van der Waals surface area contributed by atoms with Crippen LogP contribution in [0.5, 0.6) is 11.5 Å². The van der Waals surface area contributed by atoms with Crippen LogP contribution < -0.4 is 10.5 Å². The van der Waals surface area contributed by atoms with Gasteiger partial charge in [-0.2, -0.15) is 5.10 Å². The molecule has 6 rings (SSSR count). The summed E-state index contributed by atoms with van der Waals surface area (Å²) in [6.45, 7) is 3.56. The Bertz CT molecular complexity index is 1510. The predicted molar refractivity (Wildman–Crippen MR) is 158 cm³/mol. The van der Waals surface area contributed by atoms with Gasteiger partial charge in [0.15, 0.2) is 5.65 Å². The van der Waals surface area contributed by atoms with E-state index >= 15 is 0 Å². The highest BCUT2D eigenvalue weighted by molar-refractivity contribution is 5.98. The fraction of sp³-hybridized carbons (Fsp3) is 0.355. The minimum absolute atomic E-state index is 0.0191. The fourth-order valence-electron chi connectivity index (χ4n) is 5.56. The zero-order valence-corrected chi connectivity index (χ0v) is 23.2. The van der Waals surface area contributed by atoms with Gasteiger partial charge in [-0.3, -0.25) is 9.69 Å². The second kappa shape index (κ2) is 12.1. The quantitative estimate of drug-likeness (QED) is 0.322. The molecular formula is C31H35N7O3. The molecule has 0 spiro atoms. The molecular weight excluding hydrogens is 518 g/mol. The van der Waals surface area contributed by atoms with Crippen molar-refractivity contribution in [3.8, 4) is 22.8 Å². The van der Waals surface area contributed by atoms with E-state index in [0.717, 1.165) is 62.6 Å². The summed E-state index contributed by atoms with van der Waals surface area (Å²) >= 11 is 0. The topological polar surface area (TPSA) is 112 Å². The van der Waals surface area contributed by atoms with Crippen LogP contribution in [0.2, 0.25) is 0 Å². The number of nitrogen functional groups attached to an aromatic ring is 1. The van der Waals surface area contributed by atoms with Gasteiger partial charge in [0.1, 0.15) is 29.3 Å². The Morgan fingerprint density at radius 1 is 1.12 bits per heavy atom. The van der Waals surface area contributed by atoms with E-state index < -0.39 is 0 Å². The lowest BCUT2D eigenvalue weighted by molar-refractivity contribution is -0.127. The van der Waals surface area contributed by atoms with E-state index in [9.17, 15) is 4.79 Å². The molecule has 0 bridgehead atoms. The van der Waals surface area contributed by atoms with Gasteiger partial charge >= 0.3 is 0 Å². The molecule has 212 valence electrons. The Morgan fingerprint density at radius 2 is 1.93 bits per heavy atom. The lowest BCUT2D eigenvalue weighted by Gasteiger charge is -2.32. The van der Waals surface area contributed by atoms with Gasteiger partial charge in [0, 0.05) is 43.9 Å². The van der Waals surface area contributed by atoms with E-state index in [4.69, 9.17) is 20.3 Å². The third kappa shape index (κ3) is 5.94. The van der Waals surface area contributed by atoms with Crippen molar-refractivity contribution in [2.24, 2.45) is 0 Å². The van der Waals surface area contributed by atoms with Crippen molar-refractivity contribution in [1.82, 2.24) is 29.5 Å². The van der Waals surface area contributed by atoms with Gasteiger partial charge in [-0.25, -0.2) is 14.6 Å². The summed E-state index contributed by atoms with van der Waals surface area (Å²) in [6.07, 6.45) is 7.92. The standard InChI is InChI=1S/C31H35N7O3/c1-36(24-15-18-40-20-24)16-6-10-27(39)37-17-5-7-23(19-37)38-31-28(30(32)33-21-34-31)29(35-38)22-11-13-26(14-12-22)41-25-8-3-2-4-9-25/h2-4,6,8-14,21,23-24H,5,7,15-20H2,1H3,(H2,32,33,34)/b10-6+/t23-,24+/m1/s1. The smallest absolute Gasteiger partial charge is 0.246 e. The number of benzene rings is 2. The van der Waals surface area contributed by atoms with E-state index in [0.29, 0.717) is 35.1 Å². The van der Waals surface area contributed by atoms with Gasteiger partial charge in [0.05, 0.1) is 18.0 Å². The summed E-state index contributed by atoms with van der Waals surface area (Å²) in [5.74, 6) is 1.90. The second-order valence-corrected chi connectivity index (χ2v) is 10.6. The largest absolute Gasteiger partial charge is 0.457 e. The first-order chi connectivity index (χ1) is 20.1. The van der Waals surface area contributed by atoms with Crippen LogP contribution in [0.1, 0.15) is 25.3 Å². The van der Waals surface area contributed by atoms with Crippen molar-refractivity contribution in [2.75, 3.05) is 45.6 Å². The van der Waals surface area contributed by atoms with Crippen LogP contribution in [0.15, 0.2) is 73.1 Å². The van der Waals surface area contributed by atoms with Crippen LogP contribution in [0.25, 0.3) is 22.3 Å². The molecule has 4 heterocycles. The number of nitrogens with two attached hydrogens (primary N) is 1. The molecule has 2 aromatic carbocycles. The number of rotatable bonds is 8. The number of aromatic nitrogens is 4. The third-order valence-electron chi connectivity index (χ3n) is 7.86. The molecule has 2 N–H and O–H groups in total. The highest BCUT2D eigenvalue weighted by Gasteiger charge is 2.28. The molecule has 10 nitrogen and oxygen atoms in total. The molecule has 0 saturated carbocycles. The van der Waals surface area contributed by atoms with E-state index in [1.54, 1.807) is 6.08 Å². The molecule has 1 amide bonds. The highest BCUT2D eigenvalue weighted by atomic mass is 16.5. The molecule has 41 heavy (non-hydrogen) atoms. The molecule has 2 aromatic heterocycles. The van der Waals surface area contributed by atoms with Gasteiger partial charge in [0.2, 0.25) is 5.91 Å². The van der Waals surface area contributed by atoms with Crippen molar-refractivity contribution in [2.45, 2.75) is 31.3 Å². The number of anilines is 1. The van der Waals surface area contributed by atoms with Gasteiger partial charge < -0.3 is 20.1 Å². The number of hydrogen-bond acceptors (Lipinski definition) is 8. The predicted octanol–water partition coefficient (Wildman–Crippen LogP) is 4.31. The molecule has 10 heteroatoms. The number of carbonyl (C=O) groups is 1. The van der Waals surface area contributed by atoms with Crippen LogP contribution in [0.3, 0.4) is 0 Å². The zero-order chi connectivity index (χ0) is 28.2. The van der Waals surface area contributed by atoms with Crippen LogP contribution in [0, 0.1) is 0 Å². The maximum Gasteiger partial charge on any atom is 0.246 e. The Balaban J connectivity index is 1.20. The molecule has 2 fully saturated rings. The van der Waals surface area contributed by atoms with Crippen LogP contribution in [-0.2, 0) is 9.53 Å². The van der Waals surface area contributed by atoms with Gasteiger partial charge in [-0.05, 0) is 62.7 Å². The lowest BCUT2D eigenvalue weighted by atomic mass is 10.1. The van der Waals surface area contributed by atoms with E-state index in [-0.39, 0.29) is 11.9 Å².